The minimum absolute atomic E-state index is 0.0198. The average Bonchev–Trinajstić information content (AvgIpc) is 2.04. The Bertz CT molecular complexity index is 140. The average molecular weight is 172 g/mol. The Morgan fingerprint density at radius 2 is 2.33 bits per heavy atom. The van der Waals surface area contributed by atoms with E-state index in [1.165, 1.54) is 0 Å². The van der Waals surface area contributed by atoms with Crippen LogP contribution in [-0.2, 0) is 4.74 Å². The lowest BCUT2D eigenvalue weighted by molar-refractivity contribution is -0.0957. The molecular formula is C8H17BO3. The summed E-state index contributed by atoms with van der Waals surface area (Å²) in [7, 11) is 2.08. The molecule has 1 aliphatic heterocycles. The van der Waals surface area contributed by atoms with Crippen LogP contribution in [0.15, 0.2) is 0 Å². The number of aliphatic hydroxyl groups is 2. The zero-order valence-electron chi connectivity index (χ0n) is 7.73. The minimum Gasteiger partial charge on any atom is -0.396 e. The van der Waals surface area contributed by atoms with Gasteiger partial charge in [-0.3, -0.25) is 0 Å². The summed E-state index contributed by atoms with van der Waals surface area (Å²) in [6, 6.07) is 0. The summed E-state index contributed by atoms with van der Waals surface area (Å²) in [4.78, 5) is 0. The quantitative estimate of drug-likeness (QED) is 0.535. The van der Waals surface area contributed by atoms with Crippen molar-refractivity contribution in [1.29, 1.82) is 0 Å². The molecule has 0 saturated carbocycles. The zero-order chi connectivity index (χ0) is 9.14. The van der Waals surface area contributed by atoms with E-state index in [2.05, 4.69) is 14.8 Å². The van der Waals surface area contributed by atoms with E-state index in [1.54, 1.807) is 0 Å². The smallest absolute Gasteiger partial charge is 0.108 e. The fourth-order valence-electron chi connectivity index (χ4n) is 1.50. The maximum absolute atomic E-state index is 9.55. The van der Waals surface area contributed by atoms with Crippen LogP contribution in [0.5, 0.6) is 0 Å². The molecule has 0 aliphatic carbocycles. The van der Waals surface area contributed by atoms with E-state index < -0.39 is 6.10 Å². The van der Waals surface area contributed by atoms with Gasteiger partial charge in [-0.2, -0.15) is 0 Å². The molecule has 0 aromatic rings. The molecule has 0 aromatic heterocycles. The van der Waals surface area contributed by atoms with Gasteiger partial charge in [-0.25, -0.2) is 0 Å². The number of ether oxygens (including phenoxy) is 1. The number of aliphatic hydroxyl groups excluding tert-OH is 2. The van der Waals surface area contributed by atoms with Crippen molar-refractivity contribution in [3.05, 3.63) is 0 Å². The highest BCUT2D eigenvalue weighted by Gasteiger charge is 2.30. The van der Waals surface area contributed by atoms with Crippen LogP contribution in [0.3, 0.4) is 0 Å². The molecule has 4 heteroatoms. The molecule has 1 saturated heterocycles. The van der Waals surface area contributed by atoms with Crippen molar-refractivity contribution in [1.82, 2.24) is 0 Å². The predicted molar refractivity (Wildman–Crippen MR) is 48.9 cm³/mol. The molecule has 0 radical (unpaired) electrons. The Morgan fingerprint density at radius 3 is 2.75 bits per heavy atom. The van der Waals surface area contributed by atoms with E-state index in [9.17, 15) is 5.11 Å². The van der Waals surface area contributed by atoms with Crippen molar-refractivity contribution < 1.29 is 14.9 Å². The molecule has 1 aliphatic rings. The van der Waals surface area contributed by atoms with Crippen LogP contribution in [0.4, 0.5) is 0 Å². The Labute approximate surface area is 74.1 Å². The monoisotopic (exact) mass is 172 g/mol. The summed E-state index contributed by atoms with van der Waals surface area (Å²) in [5, 5.41) is 18.4. The zero-order valence-corrected chi connectivity index (χ0v) is 7.73. The van der Waals surface area contributed by atoms with E-state index >= 15 is 0 Å². The van der Waals surface area contributed by atoms with Crippen LogP contribution < -0.4 is 0 Å². The molecule has 2 N–H and O–H groups in total. The number of rotatable bonds is 2. The Kier molecular flexibility index (Phi) is 3.56. The van der Waals surface area contributed by atoms with Gasteiger partial charge >= 0.3 is 0 Å². The second kappa shape index (κ2) is 4.26. The third-order valence-corrected chi connectivity index (χ3v) is 2.52. The summed E-state index contributed by atoms with van der Waals surface area (Å²) in [6.07, 6.45) is 0.419. The first-order chi connectivity index (χ1) is 5.65. The third-order valence-electron chi connectivity index (χ3n) is 2.52. The molecule has 0 bridgehead atoms. The van der Waals surface area contributed by atoms with Crippen molar-refractivity contribution in [2.24, 2.45) is 5.92 Å². The molecule has 4 unspecified atom stereocenters. The second-order valence-corrected chi connectivity index (χ2v) is 3.86. The normalized spacial score (nSPS) is 39.4. The van der Waals surface area contributed by atoms with Crippen molar-refractivity contribution in [2.45, 2.75) is 31.4 Å². The minimum atomic E-state index is -0.392. The summed E-state index contributed by atoms with van der Waals surface area (Å²) >= 11 is 0. The van der Waals surface area contributed by atoms with Crippen molar-refractivity contribution >= 4 is 7.85 Å². The van der Waals surface area contributed by atoms with E-state index in [0.717, 1.165) is 0 Å². The van der Waals surface area contributed by atoms with E-state index in [1.807, 2.05) is 0 Å². The van der Waals surface area contributed by atoms with Gasteiger partial charge in [-0.15, -0.1) is 0 Å². The standard InChI is InChI=1S/C8H17BO3/c1-5(9)8-2-7(11)6(3-10)4-12-8/h5-8,10-11H,2-4,9H2,1H3. The SMILES string of the molecule is BC(C)C1CC(O)C(CO)CO1. The van der Waals surface area contributed by atoms with Crippen molar-refractivity contribution in [3.63, 3.8) is 0 Å². The molecule has 0 spiro atoms. The first kappa shape index (κ1) is 10.0. The first-order valence-corrected chi connectivity index (χ1v) is 4.55. The van der Waals surface area contributed by atoms with Gasteiger partial charge in [0.1, 0.15) is 7.85 Å². The van der Waals surface area contributed by atoms with Crippen LogP contribution >= 0.6 is 0 Å². The Morgan fingerprint density at radius 1 is 1.67 bits per heavy atom. The molecule has 3 nitrogen and oxygen atoms in total. The van der Waals surface area contributed by atoms with Crippen LogP contribution in [0.2, 0.25) is 5.82 Å². The maximum Gasteiger partial charge on any atom is 0.108 e. The van der Waals surface area contributed by atoms with E-state index in [-0.39, 0.29) is 18.6 Å². The van der Waals surface area contributed by atoms with Gasteiger partial charge < -0.3 is 14.9 Å². The second-order valence-electron chi connectivity index (χ2n) is 3.86. The van der Waals surface area contributed by atoms with Crippen LogP contribution in [0.25, 0.3) is 0 Å². The Balaban J connectivity index is 2.40. The molecule has 1 fully saturated rings. The molecule has 12 heavy (non-hydrogen) atoms. The number of hydrogen-bond acceptors (Lipinski definition) is 3. The highest BCUT2D eigenvalue weighted by molar-refractivity contribution is 6.11. The highest BCUT2D eigenvalue weighted by atomic mass is 16.5. The first-order valence-electron chi connectivity index (χ1n) is 4.55. The lowest BCUT2D eigenvalue weighted by Gasteiger charge is -2.34. The number of hydrogen-bond donors (Lipinski definition) is 2. The maximum atomic E-state index is 9.55. The summed E-state index contributed by atoms with van der Waals surface area (Å²) < 4.78 is 5.49. The van der Waals surface area contributed by atoms with Crippen LogP contribution in [-0.4, -0.2) is 43.5 Å². The fraction of sp³-hybridized carbons (Fsp3) is 1.00. The topological polar surface area (TPSA) is 49.7 Å². The summed E-state index contributed by atoms with van der Waals surface area (Å²) in [5.74, 6) is 0.360. The van der Waals surface area contributed by atoms with Gasteiger partial charge in [0, 0.05) is 5.92 Å². The van der Waals surface area contributed by atoms with Crippen molar-refractivity contribution in [2.75, 3.05) is 13.2 Å². The molecule has 1 heterocycles. The molecule has 0 aromatic carbocycles. The van der Waals surface area contributed by atoms with Gasteiger partial charge in [0.05, 0.1) is 25.4 Å². The predicted octanol–water partition coefficient (Wildman–Crippen LogP) is -0.814. The summed E-state index contributed by atoms with van der Waals surface area (Å²) in [6.45, 7) is 2.59. The van der Waals surface area contributed by atoms with Crippen LogP contribution in [0, 0.1) is 5.92 Å². The van der Waals surface area contributed by atoms with Gasteiger partial charge in [-0.1, -0.05) is 6.92 Å². The fourth-order valence-corrected chi connectivity index (χ4v) is 1.50. The van der Waals surface area contributed by atoms with E-state index in [0.29, 0.717) is 18.8 Å². The molecule has 1 rings (SSSR count). The summed E-state index contributed by atoms with van der Waals surface area (Å²) in [5.41, 5.74) is 0. The lowest BCUT2D eigenvalue weighted by Crippen LogP contribution is -2.40. The third kappa shape index (κ3) is 2.22. The van der Waals surface area contributed by atoms with Gasteiger partial charge in [-0.05, 0) is 12.2 Å². The van der Waals surface area contributed by atoms with Crippen molar-refractivity contribution in [3.8, 4) is 0 Å². The molecular weight excluding hydrogens is 155 g/mol. The Hall–Kier alpha value is -0.0551. The highest BCUT2D eigenvalue weighted by Crippen LogP contribution is 2.25. The van der Waals surface area contributed by atoms with Crippen LogP contribution in [0.1, 0.15) is 13.3 Å². The molecule has 0 amide bonds. The molecule has 70 valence electrons. The largest absolute Gasteiger partial charge is 0.396 e. The molecule has 4 atom stereocenters. The van der Waals surface area contributed by atoms with E-state index in [4.69, 9.17) is 9.84 Å². The van der Waals surface area contributed by atoms with Gasteiger partial charge in [0.2, 0.25) is 0 Å². The van der Waals surface area contributed by atoms with Gasteiger partial charge in [0.15, 0.2) is 0 Å². The lowest BCUT2D eigenvalue weighted by atomic mass is 9.79. The van der Waals surface area contributed by atoms with Gasteiger partial charge in [0.25, 0.3) is 0 Å².